The number of benzene rings is 2. The highest BCUT2D eigenvalue weighted by Gasteiger charge is 2.33. The van der Waals surface area contributed by atoms with Crippen LogP contribution in [0, 0.1) is 0 Å². The van der Waals surface area contributed by atoms with Crippen LogP contribution in [0.15, 0.2) is 73.3 Å². The number of rotatable bonds is 11. The Bertz CT molecular complexity index is 612. The molecule has 134 valence electrons. The second kappa shape index (κ2) is 10.1. The van der Waals surface area contributed by atoms with Gasteiger partial charge in [-0.1, -0.05) is 66.7 Å². The molecule has 3 nitrogen and oxygen atoms in total. The van der Waals surface area contributed by atoms with E-state index in [1.54, 1.807) is 0 Å². The number of hydrogen-bond donors (Lipinski definition) is 1. The SMILES string of the molecule is C=CCC[C@@](C)(OCc1ccccc1)[C@H](O)COCc1ccccc1. The van der Waals surface area contributed by atoms with Gasteiger partial charge >= 0.3 is 0 Å². The zero-order valence-corrected chi connectivity index (χ0v) is 14.9. The molecule has 0 spiro atoms. The molecule has 0 aliphatic carbocycles. The number of ether oxygens (including phenoxy) is 2. The average molecular weight is 340 g/mol. The molecular weight excluding hydrogens is 312 g/mol. The molecule has 2 aromatic rings. The highest BCUT2D eigenvalue weighted by molar-refractivity contribution is 5.14. The van der Waals surface area contributed by atoms with Gasteiger partial charge in [-0.15, -0.1) is 6.58 Å². The number of aliphatic hydroxyl groups excluding tert-OH is 1. The fraction of sp³-hybridized carbons (Fsp3) is 0.364. The van der Waals surface area contributed by atoms with Crippen molar-refractivity contribution in [3.05, 3.63) is 84.4 Å². The highest BCUT2D eigenvalue weighted by Crippen LogP contribution is 2.25. The van der Waals surface area contributed by atoms with E-state index < -0.39 is 11.7 Å². The van der Waals surface area contributed by atoms with Gasteiger partial charge in [0.2, 0.25) is 0 Å². The standard InChI is InChI=1S/C22H28O3/c1-3-4-15-22(2,25-17-20-13-9-6-10-14-20)21(23)18-24-16-19-11-7-5-8-12-19/h3,5-14,21,23H,1,4,15-18H2,2H3/t21-,22-/m1/s1. The summed E-state index contributed by atoms with van der Waals surface area (Å²) in [6.45, 7) is 6.89. The predicted octanol–water partition coefficient (Wildman–Crippen LogP) is 4.51. The van der Waals surface area contributed by atoms with E-state index in [2.05, 4.69) is 6.58 Å². The summed E-state index contributed by atoms with van der Waals surface area (Å²) in [6.07, 6.45) is 2.61. The van der Waals surface area contributed by atoms with Crippen LogP contribution in [-0.2, 0) is 22.7 Å². The molecule has 0 aromatic heterocycles. The Labute approximate surface area is 150 Å². The van der Waals surface area contributed by atoms with Crippen molar-refractivity contribution in [1.82, 2.24) is 0 Å². The van der Waals surface area contributed by atoms with Crippen molar-refractivity contribution in [3.8, 4) is 0 Å². The summed E-state index contributed by atoms with van der Waals surface area (Å²) >= 11 is 0. The molecule has 2 aromatic carbocycles. The van der Waals surface area contributed by atoms with Gasteiger partial charge < -0.3 is 14.6 Å². The summed E-state index contributed by atoms with van der Waals surface area (Å²) in [5.74, 6) is 0. The van der Waals surface area contributed by atoms with Gasteiger partial charge in [0.25, 0.3) is 0 Å². The first kappa shape index (κ1) is 19.4. The minimum absolute atomic E-state index is 0.233. The van der Waals surface area contributed by atoms with E-state index >= 15 is 0 Å². The lowest BCUT2D eigenvalue weighted by Crippen LogP contribution is -2.44. The minimum Gasteiger partial charge on any atom is -0.388 e. The molecule has 0 radical (unpaired) electrons. The van der Waals surface area contributed by atoms with Crippen LogP contribution in [0.1, 0.15) is 30.9 Å². The van der Waals surface area contributed by atoms with E-state index in [-0.39, 0.29) is 6.61 Å². The summed E-state index contributed by atoms with van der Waals surface area (Å²) in [6, 6.07) is 19.9. The third-order valence-corrected chi connectivity index (χ3v) is 4.35. The number of hydrogen-bond acceptors (Lipinski definition) is 3. The second-order valence-corrected chi connectivity index (χ2v) is 6.43. The van der Waals surface area contributed by atoms with Crippen molar-refractivity contribution in [2.45, 2.75) is 44.7 Å². The monoisotopic (exact) mass is 340 g/mol. The van der Waals surface area contributed by atoms with Crippen LogP contribution in [0.3, 0.4) is 0 Å². The van der Waals surface area contributed by atoms with Crippen molar-refractivity contribution < 1.29 is 14.6 Å². The van der Waals surface area contributed by atoms with Crippen LogP contribution in [0.4, 0.5) is 0 Å². The maximum absolute atomic E-state index is 10.7. The van der Waals surface area contributed by atoms with Gasteiger partial charge in [0.05, 0.1) is 25.4 Å². The Morgan fingerprint density at radius 3 is 2.12 bits per heavy atom. The Morgan fingerprint density at radius 2 is 1.56 bits per heavy atom. The van der Waals surface area contributed by atoms with E-state index in [1.807, 2.05) is 73.7 Å². The fourth-order valence-electron chi connectivity index (χ4n) is 2.58. The molecule has 2 rings (SSSR count). The fourth-order valence-corrected chi connectivity index (χ4v) is 2.58. The second-order valence-electron chi connectivity index (χ2n) is 6.43. The molecule has 3 heteroatoms. The summed E-state index contributed by atoms with van der Waals surface area (Å²) in [7, 11) is 0. The normalized spacial score (nSPS) is 14.6. The van der Waals surface area contributed by atoms with Crippen LogP contribution in [0.2, 0.25) is 0 Å². The smallest absolute Gasteiger partial charge is 0.106 e. The molecule has 0 aliphatic rings. The van der Waals surface area contributed by atoms with E-state index in [4.69, 9.17) is 9.47 Å². The Kier molecular flexibility index (Phi) is 7.86. The number of aliphatic hydroxyl groups is 1. The van der Waals surface area contributed by atoms with Crippen molar-refractivity contribution in [2.24, 2.45) is 0 Å². The minimum atomic E-state index is -0.708. The van der Waals surface area contributed by atoms with Gasteiger partial charge in [-0.05, 0) is 30.9 Å². The third kappa shape index (κ3) is 6.46. The van der Waals surface area contributed by atoms with Crippen LogP contribution in [0.25, 0.3) is 0 Å². The molecule has 0 aliphatic heterocycles. The van der Waals surface area contributed by atoms with E-state index in [1.165, 1.54) is 0 Å². The largest absolute Gasteiger partial charge is 0.388 e. The predicted molar refractivity (Wildman–Crippen MR) is 101 cm³/mol. The molecule has 0 amide bonds. The lowest BCUT2D eigenvalue weighted by molar-refractivity contribution is -0.146. The summed E-state index contributed by atoms with van der Waals surface area (Å²) in [5.41, 5.74) is 1.50. The quantitative estimate of drug-likeness (QED) is 0.612. The molecule has 0 fully saturated rings. The highest BCUT2D eigenvalue weighted by atomic mass is 16.5. The molecule has 0 saturated carbocycles. The van der Waals surface area contributed by atoms with E-state index in [0.29, 0.717) is 19.6 Å². The summed E-state index contributed by atoms with van der Waals surface area (Å²) < 4.78 is 11.8. The topological polar surface area (TPSA) is 38.7 Å². The molecule has 0 saturated heterocycles. The molecule has 0 heterocycles. The van der Waals surface area contributed by atoms with Gasteiger partial charge in [-0.3, -0.25) is 0 Å². The van der Waals surface area contributed by atoms with Crippen LogP contribution >= 0.6 is 0 Å². The third-order valence-electron chi connectivity index (χ3n) is 4.35. The molecule has 2 atom stereocenters. The summed E-state index contributed by atoms with van der Waals surface area (Å²) in [5, 5.41) is 10.7. The van der Waals surface area contributed by atoms with Crippen LogP contribution < -0.4 is 0 Å². The van der Waals surface area contributed by atoms with Crippen molar-refractivity contribution in [2.75, 3.05) is 6.61 Å². The summed E-state index contributed by atoms with van der Waals surface area (Å²) in [4.78, 5) is 0. The first-order valence-electron chi connectivity index (χ1n) is 8.72. The van der Waals surface area contributed by atoms with E-state index in [0.717, 1.165) is 17.5 Å². The van der Waals surface area contributed by atoms with Gasteiger partial charge in [0.1, 0.15) is 6.10 Å². The number of allylic oxidation sites excluding steroid dienone is 1. The van der Waals surface area contributed by atoms with Crippen LogP contribution in [-0.4, -0.2) is 23.4 Å². The van der Waals surface area contributed by atoms with Crippen molar-refractivity contribution in [1.29, 1.82) is 0 Å². The Hall–Kier alpha value is -1.94. The van der Waals surface area contributed by atoms with Crippen molar-refractivity contribution in [3.63, 3.8) is 0 Å². The zero-order chi connectivity index (χ0) is 18.0. The van der Waals surface area contributed by atoms with Gasteiger partial charge in [0, 0.05) is 0 Å². The van der Waals surface area contributed by atoms with Crippen LogP contribution in [0.5, 0.6) is 0 Å². The lowest BCUT2D eigenvalue weighted by Gasteiger charge is -2.34. The van der Waals surface area contributed by atoms with Crippen molar-refractivity contribution >= 4 is 0 Å². The Balaban J connectivity index is 1.90. The zero-order valence-electron chi connectivity index (χ0n) is 14.9. The molecule has 25 heavy (non-hydrogen) atoms. The molecular formula is C22H28O3. The van der Waals surface area contributed by atoms with Gasteiger partial charge in [-0.25, -0.2) is 0 Å². The first-order valence-corrected chi connectivity index (χ1v) is 8.72. The van der Waals surface area contributed by atoms with Gasteiger partial charge in [-0.2, -0.15) is 0 Å². The molecule has 1 N–H and O–H groups in total. The van der Waals surface area contributed by atoms with Gasteiger partial charge in [0.15, 0.2) is 0 Å². The van der Waals surface area contributed by atoms with E-state index in [9.17, 15) is 5.11 Å². The Morgan fingerprint density at radius 1 is 1.00 bits per heavy atom. The lowest BCUT2D eigenvalue weighted by atomic mass is 9.93. The first-order chi connectivity index (χ1) is 12.1. The maximum Gasteiger partial charge on any atom is 0.106 e. The molecule has 0 unspecified atom stereocenters. The average Bonchev–Trinajstić information content (AvgIpc) is 2.66. The molecule has 0 bridgehead atoms. The maximum atomic E-state index is 10.7.